The Balaban J connectivity index is 1.60. The van der Waals surface area contributed by atoms with Gasteiger partial charge in [0.1, 0.15) is 23.9 Å². The summed E-state index contributed by atoms with van der Waals surface area (Å²) in [6, 6.07) is 12.7. The molecule has 1 fully saturated rings. The number of amides is 1. The molecule has 158 valence electrons. The third-order valence-electron chi connectivity index (χ3n) is 4.63. The fourth-order valence-corrected chi connectivity index (χ4v) is 5.75. The van der Waals surface area contributed by atoms with Gasteiger partial charge in [0.25, 0.3) is 5.69 Å². The summed E-state index contributed by atoms with van der Waals surface area (Å²) in [4.78, 5) is 36.0. The molecule has 0 radical (unpaired) electrons. The molecule has 0 aromatic heterocycles. The van der Waals surface area contributed by atoms with Crippen LogP contribution in [0.1, 0.15) is 11.1 Å². The molecule has 2 atom stereocenters. The number of benzene rings is 2. The van der Waals surface area contributed by atoms with Crippen LogP contribution in [0.2, 0.25) is 0 Å². The molecule has 3 rings (SSSR count). The minimum Gasteiger partial charge on any atom is -0.497 e. The quantitative estimate of drug-likeness (QED) is 0.276. The summed E-state index contributed by atoms with van der Waals surface area (Å²) in [7, 11) is 1.36. The van der Waals surface area contributed by atoms with E-state index >= 15 is 0 Å². The molecule has 0 aliphatic carbocycles. The van der Waals surface area contributed by atoms with Crippen LogP contribution in [0.25, 0.3) is 0 Å². The van der Waals surface area contributed by atoms with Gasteiger partial charge < -0.3 is 9.47 Å². The maximum Gasteiger partial charge on any atom is 0.414 e. The molecule has 30 heavy (non-hydrogen) atoms. The van der Waals surface area contributed by atoms with Crippen molar-refractivity contribution in [3.05, 3.63) is 69.8 Å². The maximum atomic E-state index is 12.6. The minimum absolute atomic E-state index is 0.0417. The summed E-state index contributed by atoms with van der Waals surface area (Å²) in [6.45, 7) is -0.0528. The minimum atomic E-state index is -0.724. The molecule has 1 aliphatic heterocycles. The highest BCUT2D eigenvalue weighted by Gasteiger charge is 2.46. The largest absolute Gasteiger partial charge is 0.497 e. The number of carbonyl (C=O) groups excluding carboxylic acids is 2. The summed E-state index contributed by atoms with van der Waals surface area (Å²) in [6.07, 6.45) is -0.628. The molecule has 0 spiro atoms. The van der Waals surface area contributed by atoms with E-state index in [4.69, 9.17) is 21.1 Å². The topological polar surface area (TPSA) is 99.0 Å². The first-order valence-electron chi connectivity index (χ1n) is 9.00. The Kier molecular flexibility index (Phi) is 7.17. The Morgan fingerprint density at radius 3 is 2.37 bits per heavy atom. The van der Waals surface area contributed by atoms with E-state index in [1.807, 2.05) is 24.3 Å². The second kappa shape index (κ2) is 9.82. The smallest absolute Gasteiger partial charge is 0.414 e. The lowest BCUT2D eigenvalue weighted by Crippen LogP contribution is -2.40. The molecule has 1 saturated heterocycles. The highest BCUT2D eigenvalue weighted by Crippen LogP contribution is 2.25. The van der Waals surface area contributed by atoms with E-state index in [1.165, 1.54) is 29.2 Å². The van der Waals surface area contributed by atoms with Gasteiger partial charge in [0.05, 0.1) is 12.0 Å². The number of nitro benzene ring substituents is 1. The van der Waals surface area contributed by atoms with Gasteiger partial charge in [-0.1, -0.05) is 12.1 Å². The molecule has 1 unspecified atom stereocenters. The van der Waals surface area contributed by atoms with Gasteiger partial charge in [-0.25, -0.2) is 9.69 Å². The van der Waals surface area contributed by atoms with Crippen LogP contribution in [-0.4, -0.2) is 45.9 Å². The van der Waals surface area contributed by atoms with Crippen LogP contribution < -0.4 is 4.74 Å². The molecular weight excluding hydrogens is 432 g/mol. The fraction of sp³-hybridized carbons (Fsp3) is 0.300. The molecule has 1 heterocycles. The molecule has 1 aliphatic rings. The van der Waals surface area contributed by atoms with E-state index in [0.717, 1.165) is 17.1 Å². The lowest BCUT2D eigenvalue weighted by atomic mass is 10.2. The van der Waals surface area contributed by atoms with Crippen molar-refractivity contribution in [3.8, 4) is 5.75 Å². The molecule has 0 N–H and O–H groups in total. The molecule has 2 aromatic carbocycles. The number of ether oxygens (including phenoxy) is 2. The van der Waals surface area contributed by atoms with Gasteiger partial charge in [-0.2, -0.15) is 0 Å². The second-order valence-corrected chi connectivity index (χ2v) is 9.15. The van der Waals surface area contributed by atoms with E-state index in [2.05, 4.69) is 0 Å². The van der Waals surface area contributed by atoms with Crippen LogP contribution in [0.15, 0.2) is 48.5 Å². The van der Waals surface area contributed by atoms with Gasteiger partial charge >= 0.3 is 6.09 Å². The van der Waals surface area contributed by atoms with E-state index in [1.54, 1.807) is 7.11 Å². The lowest BCUT2D eigenvalue weighted by Gasteiger charge is -2.17. The Labute approximate surface area is 181 Å². The van der Waals surface area contributed by atoms with Crippen molar-refractivity contribution < 1.29 is 24.0 Å². The third kappa shape index (κ3) is 5.43. The SMILES string of the molecule is COc1ccc(C[S+]2C[C@@H](C(=O)Cl)N(C(=O)OCc3ccc([N+](=O)[O-])cc3)C2)cc1. The molecular formula is C20H20ClN2O6S+. The molecule has 8 nitrogen and oxygen atoms in total. The monoisotopic (exact) mass is 451 g/mol. The van der Waals surface area contributed by atoms with Crippen molar-refractivity contribution in [2.45, 2.75) is 18.4 Å². The van der Waals surface area contributed by atoms with Crippen molar-refractivity contribution in [1.29, 1.82) is 0 Å². The van der Waals surface area contributed by atoms with Crippen molar-refractivity contribution in [1.82, 2.24) is 4.90 Å². The number of non-ortho nitro benzene ring substituents is 1. The number of methoxy groups -OCH3 is 1. The predicted molar refractivity (Wildman–Crippen MR) is 114 cm³/mol. The summed E-state index contributed by atoms with van der Waals surface area (Å²) < 4.78 is 10.5. The first-order valence-corrected chi connectivity index (χ1v) is 11.1. The van der Waals surface area contributed by atoms with Crippen LogP contribution in [0.4, 0.5) is 10.5 Å². The van der Waals surface area contributed by atoms with E-state index < -0.39 is 22.3 Å². The Bertz CT molecular complexity index is 922. The molecule has 0 bridgehead atoms. The Morgan fingerprint density at radius 2 is 1.80 bits per heavy atom. The van der Waals surface area contributed by atoms with E-state index in [9.17, 15) is 19.7 Å². The van der Waals surface area contributed by atoms with Crippen LogP contribution in [0, 0.1) is 10.1 Å². The van der Waals surface area contributed by atoms with Crippen LogP contribution in [-0.2, 0) is 32.8 Å². The number of hydrogen-bond donors (Lipinski definition) is 0. The zero-order chi connectivity index (χ0) is 21.7. The van der Waals surface area contributed by atoms with E-state index in [-0.39, 0.29) is 23.2 Å². The number of nitro groups is 1. The first kappa shape index (κ1) is 21.9. The molecule has 2 aromatic rings. The van der Waals surface area contributed by atoms with Crippen molar-refractivity contribution in [2.75, 3.05) is 18.7 Å². The number of hydrogen-bond acceptors (Lipinski definition) is 6. The zero-order valence-corrected chi connectivity index (χ0v) is 17.7. The average molecular weight is 452 g/mol. The molecule has 1 amide bonds. The van der Waals surface area contributed by atoms with Gasteiger partial charge in [-0.3, -0.25) is 14.9 Å². The van der Waals surface area contributed by atoms with Gasteiger partial charge in [0.2, 0.25) is 5.24 Å². The Morgan fingerprint density at radius 1 is 1.17 bits per heavy atom. The van der Waals surface area contributed by atoms with Crippen LogP contribution >= 0.6 is 11.6 Å². The summed E-state index contributed by atoms with van der Waals surface area (Å²) in [5, 5.41) is 10.1. The standard InChI is InChI=1S/C20H20ClN2O6S/c1-28-17-8-4-15(5-9-17)11-30-12-18(19(21)24)22(13-30)20(25)29-10-14-2-6-16(7-3-14)23(26)27/h2-9,18H,10-13H2,1H3/q+1/t18-,30?/m0/s1. The normalized spacial score (nSPS) is 18.1. The van der Waals surface area contributed by atoms with Gasteiger partial charge in [0, 0.05) is 28.6 Å². The number of halogens is 1. The number of carbonyl (C=O) groups is 2. The first-order chi connectivity index (χ1) is 14.4. The summed E-state index contributed by atoms with van der Waals surface area (Å²) in [5.41, 5.74) is 1.65. The van der Waals surface area contributed by atoms with Gasteiger partial charge in [-0.15, -0.1) is 0 Å². The number of nitrogens with zero attached hydrogens (tertiary/aromatic N) is 2. The number of rotatable bonds is 7. The van der Waals surface area contributed by atoms with Crippen molar-refractivity contribution in [3.63, 3.8) is 0 Å². The zero-order valence-electron chi connectivity index (χ0n) is 16.2. The third-order valence-corrected chi connectivity index (χ3v) is 7.05. The lowest BCUT2D eigenvalue weighted by molar-refractivity contribution is -0.384. The van der Waals surface area contributed by atoms with E-state index in [0.29, 0.717) is 17.2 Å². The van der Waals surface area contributed by atoms with Crippen LogP contribution in [0.5, 0.6) is 5.75 Å². The highest BCUT2D eigenvalue weighted by atomic mass is 35.5. The summed E-state index contributed by atoms with van der Waals surface area (Å²) in [5.74, 6) is 2.35. The van der Waals surface area contributed by atoms with Crippen molar-refractivity contribution in [2.24, 2.45) is 0 Å². The predicted octanol–water partition coefficient (Wildman–Crippen LogP) is 3.47. The average Bonchev–Trinajstić information content (AvgIpc) is 3.17. The van der Waals surface area contributed by atoms with Gasteiger partial charge in [-0.05, 0) is 41.4 Å². The van der Waals surface area contributed by atoms with Gasteiger partial charge in [0.15, 0.2) is 11.9 Å². The Hall–Kier alpha value is -2.78. The van der Waals surface area contributed by atoms with Crippen molar-refractivity contribution >= 4 is 39.5 Å². The fourth-order valence-electron chi connectivity index (χ4n) is 3.02. The maximum absolute atomic E-state index is 12.6. The molecule has 10 heteroatoms. The van der Waals surface area contributed by atoms with Crippen LogP contribution in [0.3, 0.4) is 0 Å². The highest BCUT2D eigenvalue weighted by molar-refractivity contribution is 7.96. The second-order valence-electron chi connectivity index (χ2n) is 6.67. The molecule has 0 saturated carbocycles. The summed E-state index contributed by atoms with van der Waals surface area (Å²) >= 11 is 5.73.